The summed E-state index contributed by atoms with van der Waals surface area (Å²) in [5, 5.41) is 35.0. The van der Waals surface area contributed by atoms with Crippen molar-refractivity contribution in [2.75, 3.05) is 18.5 Å². The summed E-state index contributed by atoms with van der Waals surface area (Å²) < 4.78 is 0. The minimum atomic E-state index is -0.619. The number of thiazole rings is 1. The van der Waals surface area contributed by atoms with Gasteiger partial charge in [-0.1, -0.05) is 0 Å². The van der Waals surface area contributed by atoms with Gasteiger partial charge in [0.25, 0.3) is 5.91 Å². The molecule has 5 N–H and O–H groups in total. The predicted molar refractivity (Wildman–Crippen MR) is 61.9 cm³/mol. The molecule has 11 nitrogen and oxygen atoms in total. The molecule has 0 aliphatic carbocycles. The smallest absolute Gasteiger partial charge is 0.254 e. The van der Waals surface area contributed by atoms with Crippen molar-refractivity contribution in [1.82, 2.24) is 15.8 Å². The number of aryl methyl sites for hydroxylation is 1. The fourth-order valence-electron chi connectivity index (χ4n) is 1.21. The van der Waals surface area contributed by atoms with Crippen LogP contribution in [0, 0.1) is 6.92 Å². The van der Waals surface area contributed by atoms with E-state index in [-0.39, 0.29) is 12.0 Å². The Morgan fingerprint density at radius 1 is 1.30 bits per heavy atom. The lowest BCUT2D eigenvalue weighted by Crippen LogP contribution is -2.24. The zero-order chi connectivity index (χ0) is 15.1. The van der Waals surface area contributed by atoms with E-state index in [2.05, 4.69) is 20.0 Å². The summed E-state index contributed by atoms with van der Waals surface area (Å²) >= 11 is 1.17. The van der Waals surface area contributed by atoms with Crippen molar-refractivity contribution in [3.05, 3.63) is 10.6 Å². The molecule has 0 saturated carbocycles. The molecule has 0 spiro atoms. The second-order valence-electron chi connectivity index (χ2n) is 3.44. The quantitative estimate of drug-likeness (QED) is 0.414. The summed E-state index contributed by atoms with van der Waals surface area (Å²) in [5.74, 6) is -0.619. The fraction of sp³-hybridized carbons (Fsp3) is 0.500. The first-order valence-electron chi connectivity index (χ1n) is 5.26. The van der Waals surface area contributed by atoms with Crippen LogP contribution >= 0.6 is 11.3 Å². The molecule has 1 aromatic heterocycles. The molecule has 0 radical (unpaired) electrons. The SMILES string of the molecule is Cc1nc(NC(=O)CON(O)O)sc1CCON(O)O. The minimum absolute atomic E-state index is 0.0243. The van der Waals surface area contributed by atoms with Crippen LogP contribution in [0.1, 0.15) is 10.6 Å². The summed E-state index contributed by atoms with van der Waals surface area (Å²) in [6.45, 7) is 1.15. The summed E-state index contributed by atoms with van der Waals surface area (Å²) in [6.07, 6.45) is 0.370. The normalized spacial score (nSPS) is 11.3. The Balaban J connectivity index is 2.46. The van der Waals surface area contributed by atoms with Gasteiger partial charge in [0.2, 0.25) is 0 Å². The van der Waals surface area contributed by atoms with E-state index in [1.807, 2.05) is 0 Å². The first kappa shape index (κ1) is 16.8. The third-order valence-electron chi connectivity index (χ3n) is 1.99. The van der Waals surface area contributed by atoms with Gasteiger partial charge in [0, 0.05) is 11.3 Å². The molecule has 1 heterocycles. The van der Waals surface area contributed by atoms with Gasteiger partial charge < -0.3 is 0 Å². The Morgan fingerprint density at radius 2 is 1.95 bits per heavy atom. The maximum atomic E-state index is 11.3. The molecule has 0 aliphatic rings. The summed E-state index contributed by atoms with van der Waals surface area (Å²) in [7, 11) is 0. The lowest BCUT2D eigenvalue weighted by molar-refractivity contribution is -0.492. The molecular weight excluding hydrogens is 296 g/mol. The van der Waals surface area contributed by atoms with Gasteiger partial charge in [0.05, 0.1) is 23.1 Å². The maximum absolute atomic E-state index is 11.3. The third kappa shape index (κ3) is 6.29. The molecule has 0 fully saturated rings. The fourth-order valence-corrected chi connectivity index (χ4v) is 2.16. The van der Waals surface area contributed by atoms with Crippen molar-refractivity contribution >= 4 is 22.4 Å². The van der Waals surface area contributed by atoms with Crippen molar-refractivity contribution in [1.29, 1.82) is 0 Å². The van der Waals surface area contributed by atoms with E-state index < -0.39 is 17.9 Å². The first-order valence-corrected chi connectivity index (χ1v) is 6.08. The molecule has 12 heteroatoms. The molecule has 0 saturated heterocycles. The number of amides is 1. The van der Waals surface area contributed by atoms with E-state index in [0.717, 1.165) is 4.88 Å². The van der Waals surface area contributed by atoms with Gasteiger partial charge >= 0.3 is 0 Å². The molecular formula is C8H14N4O7S. The van der Waals surface area contributed by atoms with E-state index in [4.69, 9.17) is 20.8 Å². The maximum Gasteiger partial charge on any atom is 0.254 e. The predicted octanol–water partition coefficient (Wildman–Crippen LogP) is -0.0435. The van der Waals surface area contributed by atoms with Crippen LogP contribution in [0.4, 0.5) is 5.13 Å². The Labute approximate surface area is 116 Å². The summed E-state index contributed by atoms with van der Waals surface area (Å²) in [4.78, 5) is 24.7. The van der Waals surface area contributed by atoms with Crippen LogP contribution in [0.15, 0.2) is 0 Å². The van der Waals surface area contributed by atoms with E-state index in [0.29, 0.717) is 17.2 Å². The molecule has 0 aromatic carbocycles. The van der Waals surface area contributed by atoms with E-state index in [9.17, 15) is 4.79 Å². The Morgan fingerprint density at radius 3 is 2.55 bits per heavy atom. The van der Waals surface area contributed by atoms with Gasteiger partial charge in [0.15, 0.2) is 11.7 Å². The van der Waals surface area contributed by atoms with Crippen LogP contribution in [0.2, 0.25) is 0 Å². The van der Waals surface area contributed by atoms with Crippen LogP contribution in [0.3, 0.4) is 0 Å². The zero-order valence-corrected chi connectivity index (χ0v) is 11.2. The van der Waals surface area contributed by atoms with Gasteiger partial charge in [-0.25, -0.2) is 9.82 Å². The first-order chi connectivity index (χ1) is 9.38. The molecule has 114 valence electrons. The molecule has 0 bridgehead atoms. The van der Waals surface area contributed by atoms with Gasteiger partial charge in [-0.05, 0) is 6.92 Å². The number of hydrogen-bond donors (Lipinski definition) is 5. The second kappa shape index (κ2) is 8.15. The largest absolute Gasteiger partial charge is 0.300 e. The minimum Gasteiger partial charge on any atom is -0.300 e. The van der Waals surface area contributed by atoms with E-state index in [1.165, 1.54) is 11.3 Å². The summed E-state index contributed by atoms with van der Waals surface area (Å²) in [5.41, 5.74) is 0.656. The highest BCUT2D eigenvalue weighted by Gasteiger charge is 2.11. The average Bonchev–Trinajstić information content (AvgIpc) is 2.67. The third-order valence-corrected chi connectivity index (χ3v) is 3.12. The average molecular weight is 310 g/mol. The molecule has 20 heavy (non-hydrogen) atoms. The number of nitrogens with zero attached hydrogens (tertiary/aromatic N) is 3. The van der Waals surface area contributed by atoms with Crippen molar-refractivity contribution in [2.45, 2.75) is 13.3 Å². The van der Waals surface area contributed by atoms with Crippen LogP contribution in [0.5, 0.6) is 0 Å². The van der Waals surface area contributed by atoms with Crippen molar-refractivity contribution in [2.24, 2.45) is 0 Å². The molecule has 0 atom stereocenters. The Kier molecular flexibility index (Phi) is 6.86. The van der Waals surface area contributed by atoms with Crippen molar-refractivity contribution in [3.63, 3.8) is 0 Å². The highest BCUT2D eigenvalue weighted by atomic mass is 32.1. The molecule has 0 unspecified atom stereocenters. The summed E-state index contributed by atoms with van der Waals surface area (Å²) in [6, 6.07) is 0. The lowest BCUT2D eigenvalue weighted by Gasteiger charge is -2.05. The number of carbonyl (C=O) groups excluding carboxylic acids is 1. The standard InChI is InChI=1S/C8H14N4O7S/c1-5-6(2-3-18-11(14)15)20-8(9-5)10-7(13)4-19-12(16)17/h14-17H,2-4H2,1H3,(H,9,10,13). The van der Waals surface area contributed by atoms with Crippen molar-refractivity contribution in [3.8, 4) is 0 Å². The van der Waals surface area contributed by atoms with E-state index >= 15 is 0 Å². The van der Waals surface area contributed by atoms with Gasteiger partial charge in [-0.2, -0.15) is 0 Å². The van der Waals surface area contributed by atoms with Crippen molar-refractivity contribution < 1.29 is 35.3 Å². The monoisotopic (exact) mass is 310 g/mol. The van der Waals surface area contributed by atoms with E-state index in [1.54, 1.807) is 6.92 Å². The molecule has 1 rings (SSSR count). The highest BCUT2D eigenvalue weighted by molar-refractivity contribution is 7.15. The molecule has 1 aromatic rings. The zero-order valence-electron chi connectivity index (χ0n) is 10.4. The second-order valence-corrected chi connectivity index (χ2v) is 4.52. The number of rotatable bonds is 8. The number of hydrogen-bond acceptors (Lipinski definition) is 11. The topological polar surface area (TPSA) is 148 Å². The lowest BCUT2D eigenvalue weighted by atomic mass is 10.3. The highest BCUT2D eigenvalue weighted by Crippen LogP contribution is 2.23. The van der Waals surface area contributed by atoms with Gasteiger partial charge in [-0.15, -0.1) is 11.3 Å². The van der Waals surface area contributed by atoms with Gasteiger partial charge in [0.1, 0.15) is 0 Å². The molecule has 1 amide bonds. The van der Waals surface area contributed by atoms with Crippen LogP contribution in [0.25, 0.3) is 0 Å². The van der Waals surface area contributed by atoms with Crippen LogP contribution in [-0.4, -0.2) is 55.7 Å². The number of aromatic nitrogens is 1. The number of nitrogens with one attached hydrogen (secondary N) is 1. The Hall–Kier alpha value is -1.22. The number of carbonyl (C=O) groups is 1. The van der Waals surface area contributed by atoms with Gasteiger partial charge in [-0.3, -0.25) is 35.8 Å². The number of anilines is 1. The molecule has 0 aliphatic heterocycles. The van der Waals surface area contributed by atoms with Crippen LogP contribution < -0.4 is 5.32 Å². The Bertz CT molecular complexity index is 438. The van der Waals surface area contributed by atoms with Crippen LogP contribution in [-0.2, 0) is 20.9 Å².